The van der Waals surface area contributed by atoms with Crippen molar-refractivity contribution < 1.29 is 8.83 Å². The summed E-state index contributed by atoms with van der Waals surface area (Å²) in [6, 6.07) is 77.2. The van der Waals surface area contributed by atoms with Gasteiger partial charge < -0.3 is 37.9 Å². The van der Waals surface area contributed by atoms with E-state index in [-0.39, 0.29) is 0 Å². The molecular weight excluding hydrogens is 933 g/mol. The molecule has 6 aromatic heterocycles. The van der Waals surface area contributed by atoms with Gasteiger partial charge in [-0.05, 0) is 109 Å². The van der Waals surface area contributed by atoms with Crippen molar-refractivity contribution in [3.63, 3.8) is 0 Å². The highest BCUT2D eigenvalue weighted by Gasteiger charge is 2.27. The molecule has 6 heterocycles. The Morgan fingerprint density at radius 2 is 0.539 bits per heavy atom. The molecule has 0 saturated carbocycles. The molecule has 0 amide bonds. The Morgan fingerprint density at radius 1 is 0.263 bits per heavy atom. The Labute approximate surface area is 431 Å². The summed E-state index contributed by atoms with van der Waals surface area (Å²) in [4.78, 5) is 0. The molecule has 0 saturated heterocycles. The summed E-state index contributed by atoms with van der Waals surface area (Å²) in [5.74, 6) is 0. The summed E-state index contributed by atoms with van der Waals surface area (Å²) < 4.78 is 24.0. The minimum absolute atomic E-state index is 0.640. The number of nitrogens with zero attached hydrogens (tertiary/aromatic N) is 4. The summed E-state index contributed by atoms with van der Waals surface area (Å²) in [6.07, 6.45) is 2.71. The first-order valence-corrected chi connectivity index (χ1v) is 25.6. The number of furan rings is 2. The summed E-state index contributed by atoms with van der Waals surface area (Å²) >= 11 is 0. The minimum atomic E-state index is 0.640. The smallest absolute Gasteiger partial charge is 0.145 e. The Bertz CT molecular complexity index is 5050. The Morgan fingerprint density at radius 3 is 0.855 bits per heavy atom. The third-order valence-electron chi connectivity index (χ3n) is 16.2. The van der Waals surface area contributed by atoms with Gasteiger partial charge >= 0.3 is 0 Å². The monoisotopic (exact) mass is 972 g/mol. The van der Waals surface area contributed by atoms with E-state index >= 15 is 0 Å². The van der Waals surface area contributed by atoms with Gasteiger partial charge in [0, 0.05) is 78.0 Å². The molecule has 0 aliphatic heterocycles. The van der Waals surface area contributed by atoms with E-state index in [2.05, 4.69) is 237 Å². The van der Waals surface area contributed by atoms with Crippen LogP contribution in [0.25, 0.3) is 154 Å². The molecule has 8 heteroatoms. The van der Waals surface area contributed by atoms with Gasteiger partial charge in [0.25, 0.3) is 0 Å². The number of hydrogen-bond donors (Lipinski definition) is 2. The second kappa shape index (κ2) is 15.1. The number of para-hydroxylation sites is 6. The highest BCUT2D eigenvalue weighted by atomic mass is 16.3. The highest BCUT2D eigenvalue weighted by Crippen LogP contribution is 2.48. The van der Waals surface area contributed by atoms with E-state index in [4.69, 9.17) is 19.7 Å². The predicted molar refractivity (Wildman–Crippen MR) is 314 cm³/mol. The normalized spacial score (nSPS) is 12.3. The molecular formula is C68H40N6O2. The lowest BCUT2D eigenvalue weighted by Gasteiger charge is -2.19. The molecule has 76 heavy (non-hydrogen) atoms. The van der Waals surface area contributed by atoms with Crippen molar-refractivity contribution in [2.24, 2.45) is 0 Å². The maximum Gasteiger partial charge on any atom is 0.145 e. The van der Waals surface area contributed by atoms with Crippen molar-refractivity contribution in [2.75, 3.05) is 0 Å². The number of rotatable bonds is 6. The molecule has 0 spiro atoms. The van der Waals surface area contributed by atoms with E-state index in [0.717, 1.165) is 154 Å². The fourth-order valence-electron chi connectivity index (χ4n) is 13.0. The zero-order valence-corrected chi connectivity index (χ0v) is 40.5. The lowest BCUT2D eigenvalue weighted by molar-refractivity contribution is 0.676. The molecule has 354 valence electrons. The van der Waals surface area contributed by atoms with Crippen LogP contribution in [0.4, 0.5) is 0 Å². The van der Waals surface area contributed by atoms with E-state index in [9.17, 15) is 0 Å². The molecule has 0 aliphatic carbocycles. The van der Waals surface area contributed by atoms with Crippen molar-refractivity contribution in [2.45, 2.75) is 0 Å². The van der Waals surface area contributed by atoms with Crippen LogP contribution in [-0.4, -0.2) is 30.7 Å². The summed E-state index contributed by atoms with van der Waals surface area (Å²) in [7, 11) is 0. The number of nitrogens with one attached hydrogen (secondary N) is 2. The van der Waals surface area contributed by atoms with Gasteiger partial charge in [-0.25, -0.2) is 0 Å². The van der Waals surface area contributed by atoms with Crippen LogP contribution in [-0.2, 0) is 0 Å². The molecule has 0 bridgehead atoms. The molecule has 0 fully saturated rings. The maximum atomic E-state index is 8.72. The third-order valence-corrected chi connectivity index (χ3v) is 16.2. The Balaban J connectivity index is 0.952. The molecule has 0 radical (unpaired) electrons. The topological polar surface area (TPSA) is 93.7 Å². The second-order valence-electron chi connectivity index (χ2n) is 19.9. The van der Waals surface area contributed by atoms with Gasteiger partial charge in [-0.3, -0.25) is 0 Å². The van der Waals surface area contributed by atoms with Crippen LogP contribution in [0, 0.1) is 10.8 Å². The van der Waals surface area contributed by atoms with Gasteiger partial charge in [0.2, 0.25) is 0 Å². The van der Waals surface area contributed by atoms with Crippen LogP contribution < -0.4 is 0 Å². The average molecular weight is 973 g/mol. The van der Waals surface area contributed by atoms with Gasteiger partial charge in [-0.1, -0.05) is 109 Å². The van der Waals surface area contributed by atoms with Gasteiger partial charge in [0.1, 0.15) is 22.3 Å². The first kappa shape index (κ1) is 41.1. The SMILES string of the molecule is N=Cc1cc(-n2c3ccccc3c3c4oc5c(ccc6c5c5ccccc5n6-c5ccccc5)c4ccc32)c(-n2c3ccccc3c3c4oc5c(ccc6c5c5ccccc5n6-c5ccccc5)c4ccc32)cc1C=N. The van der Waals surface area contributed by atoms with E-state index in [1.165, 1.54) is 12.4 Å². The van der Waals surface area contributed by atoms with Crippen LogP contribution in [0.2, 0.25) is 0 Å². The number of hydrogen-bond acceptors (Lipinski definition) is 4. The van der Waals surface area contributed by atoms with E-state index < -0.39 is 0 Å². The minimum Gasteiger partial charge on any atom is -0.455 e. The van der Waals surface area contributed by atoms with Crippen molar-refractivity contribution in [1.82, 2.24) is 18.3 Å². The Kier molecular flexibility index (Phi) is 8.14. The van der Waals surface area contributed by atoms with Crippen molar-refractivity contribution in [1.29, 1.82) is 10.8 Å². The van der Waals surface area contributed by atoms with E-state index in [1.807, 2.05) is 0 Å². The molecule has 2 N–H and O–H groups in total. The zero-order chi connectivity index (χ0) is 49.9. The number of benzene rings is 11. The van der Waals surface area contributed by atoms with Gasteiger partial charge in [-0.15, -0.1) is 0 Å². The maximum absolute atomic E-state index is 8.72. The molecule has 0 unspecified atom stereocenters. The molecule has 8 nitrogen and oxygen atoms in total. The van der Waals surface area contributed by atoms with Crippen LogP contribution in [0.3, 0.4) is 0 Å². The second-order valence-corrected chi connectivity index (χ2v) is 19.9. The first-order chi connectivity index (χ1) is 37.7. The van der Waals surface area contributed by atoms with Crippen LogP contribution in [0.1, 0.15) is 11.1 Å². The lowest BCUT2D eigenvalue weighted by atomic mass is 10.0. The van der Waals surface area contributed by atoms with Crippen molar-refractivity contribution >= 4 is 144 Å². The van der Waals surface area contributed by atoms with E-state index in [0.29, 0.717) is 11.1 Å². The quantitative estimate of drug-likeness (QED) is 0.162. The largest absolute Gasteiger partial charge is 0.455 e. The molecule has 0 atom stereocenters. The highest BCUT2D eigenvalue weighted by molar-refractivity contribution is 6.31. The van der Waals surface area contributed by atoms with Crippen LogP contribution >= 0.6 is 0 Å². The average Bonchev–Trinajstić information content (AvgIpc) is 4.48. The van der Waals surface area contributed by atoms with Crippen LogP contribution in [0.5, 0.6) is 0 Å². The molecule has 11 aromatic carbocycles. The fourth-order valence-corrected chi connectivity index (χ4v) is 13.0. The van der Waals surface area contributed by atoms with E-state index in [1.54, 1.807) is 0 Å². The first-order valence-electron chi connectivity index (χ1n) is 25.6. The summed E-state index contributed by atoms with van der Waals surface area (Å²) in [6.45, 7) is 0. The number of fused-ring (bicyclic) bond motifs is 22. The third kappa shape index (κ3) is 5.26. The molecule has 0 aliphatic rings. The zero-order valence-electron chi connectivity index (χ0n) is 40.5. The van der Waals surface area contributed by atoms with Gasteiger partial charge in [0.15, 0.2) is 0 Å². The molecule has 17 aromatic rings. The van der Waals surface area contributed by atoms with Crippen molar-refractivity contribution in [3.8, 4) is 22.7 Å². The summed E-state index contributed by atoms with van der Waals surface area (Å²) in [5, 5.41) is 30.2. The lowest BCUT2D eigenvalue weighted by Crippen LogP contribution is -2.07. The standard InChI is InChI=1S/C68H40N6O2/c69-37-39-35-59(73-53-25-13-9-21-49(53)63-57(73)33-29-45-43-27-31-55-61(65(43)75-67(45)63)47-19-7-11-23-51(47)71(55)41-15-3-1-4-16-41)60(36-40(39)38-70)74-54-26-14-10-22-50(54)64-58(74)34-30-46-44-28-32-56-62(66(44)76-68(46)64)48-20-8-12-24-52(48)72(56)42-17-5-2-6-18-42/h1-38,69-70H. The van der Waals surface area contributed by atoms with Gasteiger partial charge in [-0.2, -0.15) is 0 Å². The van der Waals surface area contributed by atoms with Crippen LogP contribution in [0.15, 0.2) is 227 Å². The Hall–Kier alpha value is -10.4. The molecule has 17 rings (SSSR count). The summed E-state index contributed by atoms with van der Waals surface area (Å²) in [5.41, 5.74) is 16.9. The fraction of sp³-hybridized carbons (Fsp3) is 0. The van der Waals surface area contributed by atoms with Crippen molar-refractivity contribution in [3.05, 3.63) is 230 Å². The number of aromatic nitrogens is 4. The predicted octanol–water partition coefficient (Wildman–Crippen LogP) is 17.9. The van der Waals surface area contributed by atoms with Gasteiger partial charge in [0.05, 0.1) is 77.1 Å².